The summed E-state index contributed by atoms with van der Waals surface area (Å²) in [7, 11) is 0. The normalized spacial score (nSPS) is 16.1. The van der Waals surface area contributed by atoms with Crippen molar-refractivity contribution in [2.45, 2.75) is 90.6 Å². The van der Waals surface area contributed by atoms with E-state index in [2.05, 4.69) is 16.0 Å². The Kier molecular flexibility index (Phi) is 13.7. The van der Waals surface area contributed by atoms with E-state index in [1.807, 2.05) is 13.8 Å². The number of carboxylic acid groups (broad SMARTS) is 1. The number of carbonyl (C=O) groups excluding carboxylic acids is 3. The number of aliphatic hydroxyl groups excluding tert-OH is 1. The summed E-state index contributed by atoms with van der Waals surface area (Å²) >= 11 is 0. The third kappa shape index (κ3) is 10.9. The molecule has 5 unspecified atom stereocenters. The summed E-state index contributed by atoms with van der Waals surface area (Å²) in [4.78, 5) is 49.3. The molecule has 0 aliphatic rings. The summed E-state index contributed by atoms with van der Waals surface area (Å²) in [6, 6.07) is -4.28. The molecule has 0 heterocycles. The quantitative estimate of drug-likeness (QED) is 0.152. The van der Waals surface area contributed by atoms with Crippen LogP contribution in [0.2, 0.25) is 0 Å². The van der Waals surface area contributed by atoms with E-state index in [0.29, 0.717) is 32.2 Å². The van der Waals surface area contributed by atoms with E-state index >= 15 is 0 Å². The Balaban J connectivity index is 5.41. The van der Waals surface area contributed by atoms with Crippen LogP contribution in [0.1, 0.15) is 60.3 Å². The second kappa shape index (κ2) is 14.8. The first-order chi connectivity index (χ1) is 14.8. The van der Waals surface area contributed by atoms with Crippen LogP contribution in [0, 0.1) is 11.8 Å². The highest BCUT2D eigenvalue weighted by molar-refractivity contribution is 5.94. The van der Waals surface area contributed by atoms with Crippen LogP contribution in [-0.2, 0) is 19.2 Å². The molecule has 0 aliphatic carbocycles. The molecule has 0 aliphatic heterocycles. The van der Waals surface area contributed by atoms with Gasteiger partial charge >= 0.3 is 5.97 Å². The number of carboxylic acids is 1. The summed E-state index contributed by atoms with van der Waals surface area (Å²) in [5, 5.41) is 26.3. The predicted octanol–water partition coefficient (Wildman–Crippen LogP) is -0.935. The van der Waals surface area contributed by atoms with E-state index in [-0.39, 0.29) is 11.8 Å². The van der Waals surface area contributed by atoms with Gasteiger partial charge < -0.3 is 37.6 Å². The standard InChI is InChI=1S/C21H41N5O6/c1-11(2)10-14(23)18(28)24-15(8-6-7-9-22)19(29)25-16(12(3)4)20(30)26-17(13(5)27)21(31)32/h11-17,27H,6-10,22-23H2,1-5H3,(H,24,28)(H,25,29)(H,26,30)(H,31,32). The van der Waals surface area contributed by atoms with E-state index in [9.17, 15) is 29.4 Å². The average Bonchev–Trinajstić information content (AvgIpc) is 2.67. The van der Waals surface area contributed by atoms with Gasteiger partial charge in [0.2, 0.25) is 17.7 Å². The van der Waals surface area contributed by atoms with E-state index in [1.165, 1.54) is 6.92 Å². The van der Waals surface area contributed by atoms with Gasteiger partial charge in [-0.1, -0.05) is 27.7 Å². The Morgan fingerprint density at radius 1 is 0.844 bits per heavy atom. The van der Waals surface area contributed by atoms with Crippen LogP contribution >= 0.6 is 0 Å². The van der Waals surface area contributed by atoms with Crippen molar-refractivity contribution in [3.05, 3.63) is 0 Å². The molecular formula is C21H41N5O6. The molecule has 3 amide bonds. The van der Waals surface area contributed by atoms with Gasteiger partial charge in [-0.05, 0) is 51.0 Å². The lowest BCUT2D eigenvalue weighted by Crippen LogP contribution is -2.59. The second-order valence-corrected chi connectivity index (χ2v) is 8.88. The van der Waals surface area contributed by atoms with Crippen LogP contribution in [0.25, 0.3) is 0 Å². The molecule has 9 N–H and O–H groups in total. The minimum atomic E-state index is -1.52. The minimum absolute atomic E-state index is 0.199. The number of hydrogen-bond donors (Lipinski definition) is 7. The molecule has 0 bridgehead atoms. The molecule has 0 spiro atoms. The Labute approximate surface area is 190 Å². The first-order valence-corrected chi connectivity index (χ1v) is 11.1. The highest BCUT2D eigenvalue weighted by atomic mass is 16.4. The van der Waals surface area contributed by atoms with Gasteiger partial charge in [-0.3, -0.25) is 14.4 Å². The number of aliphatic hydroxyl groups is 1. The monoisotopic (exact) mass is 459 g/mol. The summed E-state index contributed by atoms with van der Waals surface area (Å²) in [6.07, 6.45) is 0.665. The maximum atomic E-state index is 12.9. The summed E-state index contributed by atoms with van der Waals surface area (Å²) in [5.41, 5.74) is 11.4. The van der Waals surface area contributed by atoms with Crippen molar-refractivity contribution >= 4 is 23.7 Å². The van der Waals surface area contributed by atoms with Crippen molar-refractivity contribution in [2.24, 2.45) is 23.3 Å². The number of amides is 3. The molecule has 0 saturated carbocycles. The lowest BCUT2D eigenvalue weighted by atomic mass is 10.00. The van der Waals surface area contributed by atoms with Gasteiger partial charge in [0, 0.05) is 0 Å². The van der Waals surface area contributed by atoms with Crippen LogP contribution < -0.4 is 27.4 Å². The zero-order valence-electron chi connectivity index (χ0n) is 19.8. The smallest absolute Gasteiger partial charge is 0.328 e. The van der Waals surface area contributed by atoms with Gasteiger partial charge in [-0.25, -0.2) is 4.79 Å². The Morgan fingerprint density at radius 2 is 1.41 bits per heavy atom. The van der Waals surface area contributed by atoms with Crippen molar-refractivity contribution in [2.75, 3.05) is 6.54 Å². The topological polar surface area (TPSA) is 197 Å². The van der Waals surface area contributed by atoms with E-state index in [1.54, 1.807) is 13.8 Å². The van der Waals surface area contributed by atoms with Gasteiger partial charge in [-0.15, -0.1) is 0 Å². The SMILES string of the molecule is CC(C)CC(N)C(=O)NC(CCCCN)C(=O)NC(C(=O)NC(C(=O)O)C(C)O)C(C)C. The van der Waals surface area contributed by atoms with Crippen LogP contribution in [0.3, 0.4) is 0 Å². The number of nitrogens with two attached hydrogens (primary N) is 2. The molecule has 0 aromatic rings. The van der Waals surface area contributed by atoms with Gasteiger partial charge in [0.15, 0.2) is 6.04 Å². The molecule has 0 rings (SSSR count). The largest absolute Gasteiger partial charge is 0.480 e. The number of unbranched alkanes of at least 4 members (excludes halogenated alkanes) is 1. The zero-order chi connectivity index (χ0) is 25.0. The summed E-state index contributed by atoms with van der Waals surface area (Å²) < 4.78 is 0. The molecule has 0 aromatic carbocycles. The molecule has 0 radical (unpaired) electrons. The van der Waals surface area contributed by atoms with Crippen LogP contribution in [0.5, 0.6) is 0 Å². The number of aliphatic carboxylic acids is 1. The lowest BCUT2D eigenvalue weighted by Gasteiger charge is -2.27. The molecule has 32 heavy (non-hydrogen) atoms. The minimum Gasteiger partial charge on any atom is -0.480 e. The van der Waals surface area contributed by atoms with Crippen molar-refractivity contribution < 1.29 is 29.4 Å². The molecule has 186 valence electrons. The molecular weight excluding hydrogens is 418 g/mol. The molecule has 11 heteroatoms. The van der Waals surface area contributed by atoms with Crippen molar-refractivity contribution in [1.29, 1.82) is 0 Å². The van der Waals surface area contributed by atoms with E-state index in [0.717, 1.165) is 0 Å². The molecule has 0 fully saturated rings. The first kappa shape index (κ1) is 29.8. The van der Waals surface area contributed by atoms with Crippen molar-refractivity contribution in [3.63, 3.8) is 0 Å². The lowest BCUT2D eigenvalue weighted by molar-refractivity contribution is -0.145. The van der Waals surface area contributed by atoms with Crippen molar-refractivity contribution in [1.82, 2.24) is 16.0 Å². The maximum Gasteiger partial charge on any atom is 0.328 e. The number of rotatable bonds is 15. The van der Waals surface area contributed by atoms with Crippen LogP contribution in [-0.4, -0.2) is 70.7 Å². The highest BCUT2D eigenvalue weighted by Gasteiger charge is 2.33. The highest BCUT2D eigenvalue weighted by Crippen LogP contribution is 2.08. The van der Waals surface area contributed by atoms with Gasteiger partial charge in [0.25, 0.3) is 0 Å². The predicted molar refractivity (Wildman–Crippen MR) is 120 cm³/mol. The third-order valence-electron chi connectivity index (χ3n) is 4.94. The fourth-order valence-electron chi connectivity index (χ4n) is 3.08. The van der Waals surface area contributed by atoms with E-state index < -0.39 is 54.0 Å². The maximum absolute atomic E-state index is 12.9. The molecule has 11 nitrogen and oxygen atoms in total. The zero-order valence-corrected chi connectivity index (χ0v) is 19.8. The molecule has 0 saturated heterocycles. The van der Waals surface area contributed by atoms with Gasteiger partial charge in [0.1, 0.15) is 12.1 Å². The molecule has 0 aromatic heterocycles. The Bertz CT molecular complexity index is 626. The second-order valence-electron chi connectivity index (χ2n) is 8.88. The number of hydrogen-bond acceptors (Lipinski definition) is 7. The Hall–Kier alpha value is -2.24. The number of carbonyl (C=O) groups is 4. The third-order valence-corrected chi connectivity index (χ3v) is 4.94. The van der Waals surface area contributed by atoms with Gasteiger partial charge in [-0.2, -0.15) is 0 Å². The Morgan fingerprint density at radius 3 is 1.84 bits per heavy atom. The first-order valence-electron chi connectivity index (χ1n) is 11.1. The number of nitrogens with one attached hydrogen (secondary N) is 3. The fraction of sp³-hybridized carbons (Fsp3) is 0.810. The fourth-order valence-corrected chi connectivity index (χ4v) is 3.08. The molecule has 5 atom stereocenters. The van der Waals surface area contributed by atoms with Crippen molar-refractivity contribution in [3.8, 4) is 0 Å². The summed E-state index contributed by atoms with van der Waals surface area (Å²) in [6.45, 7) is 8.91. The van der Waals surface area contributed by atoms with E-state index in [4.69, 9.17) is 11.5 Å². The summed E-state index contributed by atoms with van der Waals surface area (Å²) in [5.74, 6) is -3.36. The van der Waals surface area contributed by atoms with Crippen LogP contribution in [0.4, 0.5) is 0 Å². The van der Waals surface area contributed by atoms with Crippen LogP contribution in [0.15, 0.2) is 0 Å². The van der Waals surface area contributed by atoms with Gasteiger partial charge in [0.05, 0.1) is 12.1 Å². The average molecular weight is 460 g/mol.